The number of benzene rings is 1. The first-order chi connectivity index (χ1) is 13.2. The van der Waals surface area contributed by atoms with Crippen LogP contribution in [0.15, 0.2) is 28.5 Å². The van der Waals surface area contributed by atoms with Gasteiger partial charge in [0.25, 0.3) is 0 Å². The second kappa shape index (κ2) is 7.86. The number of hydrogen-bond donors (Lipinski definition) is 2. The molecular weight excluding hydrogens is 402 g/mol. The van der Waals surface area contributed by atoms with Crippen molar-refractivity contribution in [2.75, 3.05) is 37.4 Å². The molecule has 1 aliphatic heterocycles. The first-order valence-corrected chi connectivity index (χ1v) is 10.8. The summed E-state index contributed by atoms with van der Waals surface area (Å²) in [6, 6.07) is 4.41. The second-order valence-electron chi connectivity index (χ2n) is 6.49. The van der Waals surface area contributed by atoms with Gasteiger partial charge in [-0.2, -0.15) is 0 Å². The average molecular weight is 424 g/mol. The Bertz CT molecular complexity index is 1020. The molecule has 0 saturated carbocycles. The third-order valence-electron chi connectivity index (χ3n) is 4.23. The third-order valence-corrected chi connectivity index (χ3v) is 6.95. The summed E-state index contributed by atoms with van der Waals surface area (Å²) in [6.07, 6.45) is 0.0239. The number of sulfonamides is 1. The summed E-state index contributed by atoms with van der Waals surface area (Å²) in [5.74, 6) is -0.315. The topological polar surface area (TPSA) is 112 Å². The highest BCUT2D eigenvalue weighted by atomic mass is 32.2. The summed E-state index contributed by atoms with van der Waals surface area (Å²) in [5, 5.41) is 7.74. The summed E-state index contributed by atoms with van der Waals surface area (Å²) < 4.78 is 25.7. The van der Waals surface area contributed by atoms with Crippen molar-refractivity contribution in [1.82, 2.24) is 14.6 Å². The molecule has 1 aromatic carbocycles. The number of aryl methyl sites for hydroxylation is 1. The minimum Gasteiger partial charge on any atom is -0.336 e. The number of rotatable bonds is 6. The van der Waals surface area contributed by atoms with Crippen molar-refractivity contribution in [3.8, 4) is 0 Å². The van der Waals surface area contributed by atoms with Crippen molar-refractivity contribution in [3.63, 3.8) is 0 Å². The van der Waals surface area contributed by atoms with E-state index in [1.165, 1.54) is 42.5 Å². The Morgan fingerprint density at radius 2 is 2.14 bits per heavy atom. The van der Waals surface area contributed by atoms with Crippen molar-refractivity contribution in [1.29, 1.82) is 0 Å². The first-order valence-electron chi connectivity index (χ1n) is 8.51. The smallest absolute Gasteiger partial charge is 0.323 e. The molecule has 1 aliphatic rings. The summed E-state index contributed by atoms with van der Waals surface area (Å²) in [7, 11) is -0.690. The molecule has 2 heterocycles. The van der Waals surface area contributed by atoms with Gasteiger partial charge < -0.3 is 10.6 Å². The molecule has 0 spiro atoms. The van der Waals surface area contributed by atoms with Gasteiger partial charge in [-0.3, -0.25) is 9.69 Å². The molecule has 0 atom stereocenters. The molecule has 2 N–H and O–H groups in total. The molecule has 3 amide bonds. The largest absolute Gasteiger partial charge is 0.336 e. The fourth-order valence-electron chi connectivity index (χ4n) is 2.62. The molecule has 0 aliphatic carbocycles. The van der Waals surface area contributed by atoms with Gasteiger partial charge in [-0.15, -0.1) is 11.3 Å². The van der Waals surface area contributed by atoms with Crippen molar-refractivity contribution >= 4 is 44.1 Å². The summed E-state index contributed by atoms with van der Waals surface area (Å²) in [4.78, 5) is 30.1. The number of thiazole rings is 1. The van der Waals surface area contributed by atoms with E-state index in [2.05, 4.69) is 15.6 Å². The maximum absolute atomic E-state index is 12.4. The highest BCUT2D eigenvalue weighted by Gasteiger charge is 2.24. The van der Waals surface area contributed by atoms with E-state index in [1.807, 2.05) is 0 Å². The van der Waals surface area contributed by atoms with Gasteiger partial charge >= 0.3 is 6.03 Å². The minimum absolute atomic E-state index is 0.0239. The van der Waals surface area contributed by atoms with Crippen LogP contribution in [0.5, 0.6) is 0 Å². The zero-order valence-electron chi connectivity index (χ0n) is 15.7. The normalized spacial score (nSPS) is 14.4. The molecule has 1 aromatic heterocycles. The predicted octanol–water partition coefficient (Wildman–Crippen LogP) is 1.41. The van der Waals surface area contributed by atoms with Gasteiger partial charge in [0.05, 0.1) is 17.0 Å². The highest BCUT2D eigenvalue weighted by molar-refractivity contribution is 7.89. The van der Waals surface area contributed by atoms with Gasteiger partial charge in [0.1, 0.15) is 0 Å². The number of carbonyl (C=O) groups excluding carboxylic acids is 2. The number of nitrogens with one attached hydrogen (secondary N) is 2. The Labute approximate surface area is 167 Å². The van der Waals surface area contributed by atoms with E-state index in [9.17, 15) is 18.0 Å². The van der Waals surface area contributed by atoms with Crippen molar-refractivity contribution < 1.29 is 18.0 Å². The predicted molar refractivity (Wildman–Crippen MR) is 107 cm³/mol. The van der Waals surface area contributed by atoms with E-state index >= 15 is 0 Å². The van der Waals surface area contributed by atoms with Crippen LogP contribution in [0.1, 0.15) is 11.3 Å². The standard InChI is InChI=1S/C17H21N5O4S2/c1-11-4-5-13(28(25,26)21(2)3)9-14(11)20-15(23)8-12-10-27-17(19-12)22-7-6-18-16(22)24/h4-5,9-10H,6-8H2,1-3H3,(H,18,24)(H,20,23). The Morgan fingerprint density at radius 3 is 2.79 bits per heavy atom. The van der Waals surface area contributed by atoms with Gasteiger partial charge in [0.2, 0.25) is 15.9 Å². The number of nitrogens with zero attached hydrogens (tertiary/aromatic N) is 3. The Balaban J connectivity index is 1.72. The lowest BCUT2D eigenvalue weighted by atomic mass is 10.2. The van der Waals surface area contributed by atoms with Crippen molar-refractivity contribution in [3.05, 3.63) is 34.8 Å². The first kappa shape index (κ1) is 20.2. The number of hydrogen-bond acceptors (Lipinski definition) is 6. The van der Waals surface area contributed by atoms with E-state index in [0.29, 0.717) is 29.6 Å². The highest BCUT2D eigenvalue weighted by Crippen LogP contribution is 2.24. The molecule has 1 saturated heterocycles. The van der Waals surface area contributed by atoms with Crippen LogP contribution in [0, 0.1) is 6.92 Å². The fourth-order valence-corrected chi connectivity index (χ4v) is 4.40. The zero-order valence-corrected chi connectivity index (χ0v) is 17.4. The zero-order chi connectivity index (χ0) is 20.5. The van der Waals surface area contributed by atoms with Crippen LogP contribution in [-0.4, -0.2) is 56.8 Å². The van der Waals surface area contributed by atoms with E-state index in [-0.39, 0.29) is 23.3 Å². The van der Waals surface area contributed by atoms with Gasteiger partial charge in [-0.1, -0.05) is 6.07 Å². The van der Waals surface area contributed by atoms with E-state index < -0.39 is 10.0 Å². The minimum atomic E-state index is -3.59. The summed E-state index contributed by atoms with van der Waals surface area (Å²) in [6.45, 7) is 2.90. The Hall–Kier alpha value is -2.50. The van der Waals surface area contributed by atoms with Gasteiger partial charge in [0, 0.05) is 38.3 Å². The average Bonchev–Trinajstić information content (AvgIpc) is 3.25. The number of urea groups is 1. The van der Waals surface area contributed by atoms with E-state index in [0.717, 1.165) is 9.87 Å². The molecule has 3 rings (SSSR count). The van der Waals surface area contributed by atoms with E-state index in [1.54, 1.807) is 18.4 Å². The maximum atomic E-state index is 12.4. The lowest BCUT2D eigenvalue weighted by molar-refractivity contribution is -0.115. The Kier molecular flexibility index (Phi) is 5.68. The maximum Gasteiger partial charge on any atom is 0.323 e. The molecule has 0 radical (unpaired) electrons. The number of anilines is 2. The molecule has 150 valence electrons. The Morgan fingerprint density at radius 1 is 1.39 bits per heavy atom. The van der Waals surface area contributed by atoms with E-state index in [4.69, 9.17) is 0 Å². The lowest BCUT2D eigenvalue weighted by Gasteiger charge is -2.14. The quantitative estimate of drug-likeness (QED) is 0.730. The van der Waals surface area contributed by atoms with Crippen LogP contribution in [0.4, 0.5) is 15.6 Å². The molecular formula is C17H21N5O4S2. The molecule has 2 aromatic rings. The fraction of sp³-hybridized carbons (Fsp3) is 0.353. The molecule has 0 bridgehead atoms. The van der Waals surface area contributed by atoms with Crippen LogP contribution in [-0.2, 0) is 21.2 Å². The SMILES string of the molecule is Cc1ccc(S(=O)(=O)N(C)C)cc1NC(=O)Cc1csc(N2CCNC2=O)n1. The van der Waals surface area contributed by atoms with Crippen LogP contribution in [0.3, 0.4) is 0 Å². The molecule has 0 unspecified atom stereocenters. The van der Waals surface area contributed by atoms with Crippen molar-refractivity contribution in [2.24, 2.45) is 0 Å². The van der Waals surface area contributed by atoms with Crippen LogP contribution in [0.2, 0.25) is 0 Å². The van der Waals surface area contributed by atoms with Gasteiger partial charge in [-0.05, 0) is 24.6 Å². The summed E-state index contributed by atoms with van der Waals surface area (Å²) >= 11 is 1.30. The van der Waals surface area contributed by atoms with Crippen LogP contribution < -0.4 is 15.5 Å². The van der Waals surface area contributed by atoms with Crippen LogP contribution >= 0.6 is 11.3 Å². The summed E-state index contributed by atoms with van der Waals surface area (Å²) in [5.41, 5.74) is 1.73. The van der Waals surface area contributed by atoms with Crippen molar-refractivity contribution in [2.45, 2.75) is 18.2 Å². The molecule has 9 nitrogen and oxygen atoms in total. The number of carbonyl (C=O) groups is 2. The second-order valence-corrected chi connectivity index (χ2v) is 9.48. The van der Waals surface area contributed by atoms with Gasteiger partial charge in [0.15, 0.2) is 5.13 Å². The number of amides is 3. The lowest BCUT2D eigenvalue weighted by Crippen LogP contribution is -2.27. The third kappa shape index (κ3) is 4.16. The molecule has 28 heavy (non-hydrogen) atoms. The molecule has 1 fully saturated rings. The van der Waals surface area contributed by atoms with Gasteiger partial charge in [-0.25, -0.2) is 22.5 Å². The molecule has 11 heteroatoms. The monoisotopic (exact) mass is 423 g/mol. The van der Waals surface area contributed by atoms with Crippen LogP contribution in [0.25, 0.3) is 0 Å². The number of aromatic nitrogens is 1.